The van der Waals surface area contributed by atoms with Gasteiger partial charge in [-0.05, 0) is 56.0 Å². The molecule has 18 heavy (non-hydrogen) atoms. The quantitative estimate of drug-likeness (QED) is 0.809. The van der Waals surface area contributed by atoms with E-state index in [0.717, 1.165) is 31.7 Å². The van der Waals surface area contributed by atoms with Crippen molar-refractivity contribution in [1.82, 2.24) is 5.32 Å². The van der Waals surface area contributed by atoms with Gasteiger partial charge in [0.15, 0.2) is 0 Å². The number of nitrogens with one attached hydrogen (secondary N) is 1. The fraction of sp³-hybridized carbons (Fsp3) is 0.533. The van der Waals surface area contributed by atoms with E-state index in [1.807, 2.05) is 18.2 Å². The zero-order valence-corrected chi connectivity index (χ0v) is 10.9. The van der Waals surface area contributed by atoms with E-state index in [1.165, 1.54) is 24.0 Å². The van der Waals surface area contributed by atoms with E-state index < -0.39 is 0 Å². The van der Waals surface area contributed by atoms with Gasteiger partial charge in [-0.2, -0.15) is 5.26 Å². The first-order chi connectivity index (χ1) is 8.79. The monoisotopic (exact) mass is 244 g/mol. The van der Waals surface area contributed by atoms with Crippen LogP contribution in [0.5, 0.6) is 0 Å². The lowest BCUT2D eigenvalue weighted by molar-refractivity contribution is 0.104. The number of benzene rings is 1. The number of nitriles is 1. The third-order valence-corrected chi connectivity index (χ3v) is 3.45. The highest BCUT2D eigenvalue weighted by Crippen LogP contribution is 2.15. The minimum absolute atomic E-state index is 0.458. The second-order valence-electron chi connectivity index (χ2n) is 4.85. The molecule has 0 amide bonds. The summed E-state index contributed by atoms with van der Waals surface area (Å²) in [4.78, 5) is 0. The summed E-state index contributed by atoms with van der Waals surface area (Å²) in [6, 6.07) is 8.02. The maximum Gasteiger partial charge on any atom is 0.0991 e. The van der Waals surface area contributed by atoms with E-state index in [4.69, 9.17) is 10.00 Å². The van der Waals surface area contributed by atoms with Crippen molar-refractivity contribution in [3.05, 3.63) is 34.9 Å². The van der Waals surface area contributed by atoms with Crippen molar-refractivity contribution in [1.29, 1.82) is 5.26 Å². The molecule has 1 atom stereocenters. The van der Waals surface area contributed by atoms with E-state index >= 15 is 0 Å². The van der Waals surface area contributed by atoms with Gasteiger partial charge in [0.1, 0.15) is 0 Å². The Bertz CT molecular complexity index is 431. The normalized spacial score (nSPS) is 18.8. The Morgan fingerprint density at radius 2 is 2.39 bits per heavy atom. The molecule has 1 unspecified atom stereocenters. The van der Waals surface area contributed by atoms with Crippen LogP contribution >= 0.6 is 0 Å². The van der Waals surface area contributed by atoms with Crippen LogP contribution in [0.1, 0.15) is 36.0 Å². The molecule has 1 saturated heterocycles. The van der Waals surface area contributed by atoms with Gasteiger partial charge in [0.05, 0.1) is 17.7 Å². The van der Waals surface area contributed by atoms with Crippen LogP contribution in [0.3, 0.4) is 0 Å². The average Bonchev–Trinajstić information content (AvgIpc) is 2.89. The maximum atomic E-state index is 8.81. The van der Waals surface area contributed by atoms with Gasteiger partial charge in [-0.15, -0.1) is 0 Å². The van der Waals surface area contributed by atoms with Crippen molar-refractivity contribution in [2.24, 2.45) is 0 Å². The molecular formula is C15H20N2O. The highest BCUT2D eigenvalue weighted by molar-refractivity contribution is 5.37. The van der Waals surface area contributed by atoms with E-state index in [9.17, 15) is 0 Å². The van der Waals surface area contributed by atoms with Crippen LogP contribution in [-0.2, 0) is 11.3 Å². The Kier molecular flexibility index (Phi) is 4.74. The molecule has 1 heterocycles. The highest BCUT2D eigenvalue weighted by atomic mass is 16.5. The van der Waals surface area contributed by atoms with Crippen LogP contribution in [-0.4, -0.2) is 19.3 Å². The van der Waals surface area contributed by atoms with E-state index in [1.54, 1.807) is 0 Å². The van der Waals surface area contributed by atoms with Crippen molar-refractivity contribution < 1.29 is 4.74 Å². The van der Waals surface area contributed by atoms with Crippen molar-refractivity contribution in [2.45, 2.75) is 38.8 Å². The Morgan fingerprint density at radius 3 is 3.06 bits per heavy atom. The molecular weight excluding hydrogens is 224 g/mol. The van der Waals surface area contributed by atoms with Crippen LogP contribution in [0, 0.1) is 18.3 Å². The van der Waals surface area contributed by atoms with E-state index in [-0.39, 0.29) is 0 Å². The molecule has 1 aromatic carbocycles. The second-order valence-corrected chi connectivity index (χ2v) is 4.85. The first-order valence-corrected chi connectivity index (χ1v) is 6.61. The van der Waals surface area contributed by atoms with Crippen molar-refractivity contribution in [3.63, 3.8) is 0 Å². The second kappa shape index (κ2) is 6.53. The van der Waals surface area contributed by atoms with Crippen molar-refractivity contribution >= 4 is 0 Å². The number of hydrogen-bond acceptors (Lipinski definition) is 3. The highest BCUT2D eigenvalue weighted by Gasteiger charge is 2.14. The average molecular weight is 244 g/mol. The molecule has 1 aromatic rings. The molecule has 3 nitrogen and oxygen atoms in total. The molecule has 0 aliphatic carbocycles. The van der Waals surface area contributed by atoms with Crippen LogP contribution in [0.4, 0.5) is 0 Å². The van der Waals surface area contributed by atoms with Gasteiger partial charge in [0.2, 0.25) is 0 Å². The first-order valence-electron chi connectivity index (χ1n) is 6.61. The van der Waals surface area contributed by atoms with Crippen LogP contribution < -0.4 is 5.32 Å². The largest absolute Gasteiger partial charge is 0.378 e. The molecule has 1 aliphatic rings. The lowest BCUT2D eigenvalue weighted by atomic mass is 10.1. The Balaban J connectivity index is 1.74. The third-order valence-electron chi connectivity index (χ3n) is 3.45. The molecule has 1 fully saturated rings. The summed E-state index contributed by atoms with van der Waals surface area (Å²) in [5, 5.41) is 12.3. The minimum atomic E-state index is 0.458. The summed E-state index contributed by atoms with van der Waals surface area (Å²) < 4.78 is 5.58. The molecule has 0 spiro atoms. The molecule has 96 valence electrons. The summed E-state index contributed by atoms with van der Waals surface area (Å²) in [6.45, 7) is 4.84. The summed E-state index contributed by atoms with van der Waals surface area (Å²) in [5.74, 6) is 0. The summed E-state index contributed by atoms with van der Waals surface area (Å²) in [5.41, 5.74) is 3.18. The van der Waals surface area contributed by atoms with Crippen molar-refractivity contribution in [3.8, 4) is 6.07 Å². The standard InChI is InChI=1S/C15H20N2O/c1-12-9-13(10-16)4-5-14(12)11-17-7-6-15-3-2-8-18-15/h4-5,9,15,17H,2-3,6-8,11H2,1H3. The third kappa shape index (κ3) is 3.56. The molecule has 0 aromatic heterocycles. The predicted octanol–water partition coefficient (Wildman–Crippen LogP) is 2.53. The molecule has 0 radical (unpaired) electrons. The number of ether oxygens (including phenoxy) is 1. The number of aryl methyl sites for hydroxylation is 1. The smallest absolute Gasteiger partial charge is 0.0991 e. The zero-order valence-electron chi connectivity index (χ0n) is 10.9. The number of rotatable bonds is 5. The van der Waals surface area contributed by atoms with Crippen LogP contribution in [0.25, 0.3) is 0 Å². The predicted molar refractivity (Wildman–Crippen MR) is 71.2 cm³/mol. The van der Waals surface area contributed by atoms with Gasteiger partial charge >= 0.3 is 0 Å². The molecule has 2 rings (SSSR count). The van der Waals surface area contributed by atoms with Gasteiger partial charge in [0.25, 0.3) is 0 Å². The van der Waals surface area contributed by atoms with Crippen LogP contribution in [0.2, 0.25) is 0 Å². The Labute approximate surface area is 109 Å². The summed E-state index contributed by atoms with van der Waals surface area (Å²) >= 11 is 0. The molecule has 3 heteroatoms. The summed E-state index contributed by atoms with van der Waals surface area (Å²) in [7, 11) is 0. The zero-order chi connectivity index (χ0) is 12.8. The van der Waals surface area contributed by atoms with Gasteiger partial charge < -0.3 is 10.1 Å². The molecule has 1 N–H and O–H groups in total. The molecule has 0 bridgehead atoms. The van der Waals surface area contributed by atoms with E-state index in [0.29, 0.717) is 6.10 Å². The lowest BCUT2D eigenvalue weighted by Crippen LogP contribution is -2.20. The van der Waals surface area contributed by atoms with Crippen molar-refractivity contribution in [2.75, 3.05) is 13.2 Å². The SMILES string of the molecule is Cc1cc(C#N)ccc1CNCCC1CCCO1. The first kappa shape index (κ1) is 13.1. The lowest BCUT2D eigenvalue weighted by Gasteiger charge is -2.11. The van der Waals surface area contributed by atoms with E-state index in [2.05, 4.69) is 18.3 Å². The fourth-order valence-electron chi connectivity index (χ4n) is 2.32. The molecule has 0 saturated carbocycles. The number of hydrogen-bond donors (Lipinski definition) is 1. The summed E-state index contributed by atoms with van der Waals surface area (Å²) in [6.07, 6.45) is 3.96. The Morgan fingerprint density at radius 1 is 1.50 bits per heavy atom. The number of nitrogens with zero attached hydrogens (tertiary/aromatic N) is 1. The van der Waals surface area contributed by atoms with Gasteiger partial charge in [-0.1, -0.05) is 6.07 Å². The van der Waals surface area contributed by atoms with Crippen LogP contribution in [0.15, 0.2) is 18.2 Å². The van der Waals surface area contributed by atoms with Gasteiger partial charge in [-0.25, -0.2) is 0 Å². The topological polar surface area (TPSA) is 45.0 Å². The maximum absolute atomic E-state index is 8.81. The van der Waals surface area contributed by atoms with Gasteiger partial charge in [0, 0.05) is 13.2 Å². The Hall–Kier alpha value is -1.37. The minimum Gasteiger partial charge on any atom is -0.378 e. The molecule has 1 aliphatic heterocycles. The van der Waals surface area contributed by atoms with Gasteiger partial charge in [-0.3, -0.25) is 0 Å². The fourth-order valence-corrected chi connectivity index (χ4v) is 2.32.